The third kappa shape index (κ3) is 3.01. The number of Topliss-reactive ketones (excluding diaryl/α,β-unsaturated/α-hetero) is 1. The van der Waals surface area contributed by atoms with E-state index in [1.54, 1.807) is 29.2 Å². The van der Waals surface area contributed by atoms with Crippen molar-refractivity contribution >= 4 is 28.2 Å². The number of aromatic hydroxyl groups is 1. The topological polar surface area (TPSA) is 92.6 Å². The maximum Gasteiger partial charge on any atom is 0.296 e. The van der Waals surface area contributed by atoms with E-state index in [4.69, 9.17) is 4.74 Å². The molecule has 1 aromatic heterocycles. The first-order valence-corrected chi connectivity index (χ1v) is 11.3. The van der Waals surface area contributed by atoms with Gasteiger partial charge in [0.15, 0.2) is 11.5 Å². The van der Waals surface area contributed by atoms with Gasteiger partial charge in [0.25, 0.3) is 5.91 Å². The number of hydrogen-bond acceptors (Lipinski definition) is 7. The Balaban J connectivity index is 1.61. The summed E-state index contributed by atoms with van der Waals surface area (Å²) in [7, 11) is 0. The van der Waals surface area contributed by atoms with Crippen LogP contribution in [0.15, 0.2) is 35.6 Å². The van der Waals surface area contributed by atoms with Gasteiger partial charge < -0.3 is 9.84 Å². The second-order valence-electron chi connectivity index (χ2n) is 8.05. The first-order chi connectivity index (χ1) is 14.6. The highest BCUT2D eigenvalue weighted by Gasteiger charge is 2.53. The van der Waals surface area contributed by atoms with Crippen molar-refractivity contribution in [3.8, 4) is 5.75 Å². The van der Waals surface area contributed by atoms with Crippen molar-refractivity contribution in [1.82, 2.24) is 10.2 Å². The average molecular weight is 426 g/mol. The van der Waals surface area contributed by atoms with E-state index in [1.807, 2.05) is 0 Å². The van der Waals surface area contributed by atoms with Crippen molar-refractivity contribution in [2.45, 2.75) is 57.6 Å². The zero-order valence-electron chi connectivity index (χ0n) is 16.7. The van der Waals surface area contributed by atoms with E-state index < -0.39 is 6.04 Å². The molecule has 1 N–H and O–H groups in total. The number of aryl methyl sites for hydroxylation is 1. The van der Waals surface area contributed by atoms with Crippen molar-refractivity contribution in [1.29, 1.82) is 0 Å². The minimum atomic E-state index is -0.620. The lowest BCUT2D eigenvalue weighted by atomic mass is 9.77. The second kappa shape index (κ2) is 7.50. The van der Waals surface area contributed by atoms with Crippen molar-refractivity contribution in [2.75, 3.05) is 4.90 Å². The van der Waals surface area contributed by atoms with Gasteiger partial charge in [0.2, 0.25) is 5.13 Å². The van der Waals surface area contributed by atoms with Gasteiger partial charge in [0.05, 0.1) is 17.5 Å². The summed E-state index contributed by atoms with van der Waals surface area (Å²) in [6.07, 6.45) is 5.09. The lowest BCUT2D eigenvalue weighted by Crippen LogP contribution is -2.39. The van der Waals surface area contributed by atoms with Gasteiger partial charge in [-0.1, -0.05) is 36.8 Å². The van der Waals surface area contributed by atoms with Gasteiger partial charge in [-0.15, -0.1) is 10.2 Å². The smallest absolute Gasteiger partial charge is 0.296 e. The fraction of sp³-hybridized carbons (Fsp3) is 0.455. The van der Waals surface area contributed by atoms with Crippen LogP contribution in [0.2, 0.25) is 0 Å². The van der Waals surface area contributed by atoms with Crippen LogP contribution in [-0.2, 0) is 20.7 Å². The van der Waals surface area contributed by atoms with Gasteiger partial charge in [-0.25, -0.2) is 0 Å². The Morgan fingerprint density at radius 3 is 2.70 bits per heavy atom. The Kier molecular flexibility index (Phi) is 4.81. The minimum Gasteiger partial charge on any atom is -0.508 e. The molecule has 1 saturated carbocycles. The van der Waals surface area contributed by atoms with Gasteiger partial charge in [0, 0.05) is 6.42 Å². The minimum absolute atomic E-state index is 0.00757. The predicted octanol–water partition coefficient (Wildman–Crippen LogP) is 3.70. The first-order valence-electron chi connectivity index (χ1n) is 10.5. The molecule has 156 valence electrons. The summed E-state index contributed by atoms with van der Waals surface area (Å²) in [6.45, 7) is 2.07. The SMILES string of the molecule is CCCc1nnc(N2C(=O)C3=C(C(=O)C4CCCCC4O3)C2c2ccc(O)cc2)s1. The molecule has 0 saturated heterocycles. The van der Waals surface area contributed by atoms with Crippen molar-refractivity contribution < 1.29 is 19.4 Å². The molecule has 30 heavy (non-hydrogen) atoms. The number of fused-ring (bicyclic) bond motifs is 1. The van der Waals surface area contributed by atoms with E-state index in [0.717, 1.165) is 49.1 Å². The van der Waals surface area contributed by atoms with Crippen molar-refractivity contribution in [3.63, 3.8) is 0 Å². The van der Waals surface area contributed by atoms with E-state index in [9.17, 15) is 14.7 Å². The molecule has 2 aromatic rings. The molecule has 1 aliphatic carbocycles. The number of amides is 1. The summed E-state index contributed by atoms with van der Waals surface area (Å²) in [6, 6.07) is 5.99. The van der Waals surface area contributed by atoms with Crippen LogP contribution in [0, 0.1) is 5.92 Å². The number of benzene rings is 1. The van der Waals surface area contributed by atoms with Crippen LogP contribution >= 0.6 is 11.3 Å². The molecule has 0 bridgehead atoms. The Bertz CT molecular complexity index is 1030. The lowest BCUT2D eigenvalue weighted by Gasteiger charge is -2.35. The summed E-state index contributed by atoms with van der Waals surface area (Å²) in [5, 5.41) is 19.5. The quantitative estimate of drug-likeness (QED) is 0.803. The zero-order chi connectivity index (χ0) is 20.8. The maximum atomic E-state index is 13.5. The van der Waals surface area contributed by atoms with Crippen LogP contribution in [0.3, 0.4) is 0 Å². The van der Waals surface area contributed by atoms with Crippen molar-refractivity contribution in [2.24, 2.45) is 5.92 Å². The molecular formula is C22H23N3O4S. The number of carbonyl (C=O) groups is 2. The number of carbonyl (C=O) groups excluding carboxylic acids is 2. The molecule has 0 radical (unpaired) electrons. The first kappa shape index (κ1) is 19.2. The third-order valence-corrected chi connectivity index (χ3v) is 7.08. The largest absolute Gasteiger partial charge is 0.508 e. The summed E-state index contributed by atoms with van der Waals surface area (Å²) in [4.78, 5) is 28.5. The van der Waals surface area contributed by atoms with E-state index in [1.165, 1.54) is 11.3 Å². The highest BCUT2D eigenvalue weighted by Crippen LogP contribution is 2.48. The van der Waals surface area contributed by atoms with Crippen molar-refractivity contribution in [3.05, 3.63) is 46.2 Å². The summed E-state index contributed by atoms with van der Waals surface area (Å²) < 4.78 is 6.15. The summed E-state index contributed by atoms with van der Waals surface area (Å²) >= 11 is 1.37. The standard InChI is InChI=1S/C22H23N3O4S/c1-2-5-16-23-24-22(30-16)25-18(12-8-10-13(26)11-9-12)17-19(27)14-6-3-4-7-15(14)29-20(17)21(25)28/h8-11,14-15,18,26H,2-7H2,1H3. The van der Waals surface area contributed by atoms with Crippen LogP contribution in [0.25, 0.3) is 0 Å². The number of phenols is 1. The van der Waals surface area contributed by atoms with Gasteiger partial charge in [-0.2, -0.15) is 0 Å². The molecule has 5 rings (SSSR count). The third-order valence-electron chi connectivity index (χ3n) is 6.10. The molecular weight excluding hydrogens is 402 g/mol. The fourth-order valence-corrected chi connectivity index (χ4v) is 5.64. The van der Waals surface area contributed by atoms with E-state index in [-0.39, 0.29) is 35.2 Å². The normalized spacial score (nSPS) is 25.9. The predicted molar refractivity (Wildman–Crippen MR) is 111 cm³/mol. The highest BCUT2D eigenvalue weighted by molar-refractivity contribution is 7.15. The number of hydrogen-bond donors (Lipinski definition) is 1. The van der Waals surface area contributed by atoms with E-state index in [2.05, 4.69) is 17.1 Å². The van der Waals surface area contributed by atoms with Crippen LogP contribution in [0.4, 0.5) is 5.13 Å². The van der Waals surface area contributed by atoms with Crippen LogP contribution in [0.5, 0.6) is 5.75 Å². The second-order valence-corrected chi connectivity index (χ2v) is 9.09. The number of phenolic OH excluding ortho intramolecular Hbond substituents is 1. The molecule has 3 unspecified atom stereocenters. The number of anilines is 1. The number of nitrogens with zero attached hydrogens (tertiary/aromatic N) is 3. The van der Waals surface area contributed by atoms with Gasteiger partial charge in [0.1, 0.15) is 16.9 Å². The number of aromatic nitrogens is 2. The van der Waals surface area contributed by atoms with Crippen LogP contribution in [-0.4, -0.2) is 33.1 Å². The Morgan fingerprint density at radius 2 is 1.93 bits per heavy atom. The molecule has 0 spiro atoms. The number of ketones is 1. The fourth-order valence-electron chi connectivity index (χ4n) is 4.67. The van der Waals surface area contributed by atoms with Gasteiger partial charge >= 0.3 is 0 Å². The zero-order valence-corrected chi connectivity index (χ0v) is 17.5. The molecule has 3 aliphatic rings. The highest BCUT2D eigenvalue weighted by atomic mass is 32.1. The van der Waals surface area contributed by atoms with E-state index >= 15 is 0 Å². The molecule has 8 heteroatoms. The van der Waals surface area contributed by atoms with Crippen LogP contribution < -0.4 is 4.90 Å². The molecule has 1 aromatic carbocycles. The average Bonchev–Trinajstić information content (AvgIpc) is 3.32. The number of ether oxygens (including phenoxy) is 1. The summed E-state index contributed by atoms with van der Waals surface area (Å²) in [5.74, 6) is -0.236. The summed E-state index contributed by atoms with van der Waals surface area (Å²) in [5.41, 5.74) is 1.16. The van der Waals surface area contributed by atoms with Gasteiger partial charge in [-0.3, -0.25) is 14.5 Å². The molecule has 3 heterocycles. The molecule has 1 amide bonds. The lowest BCUT2D eigenvalue weighted by molar-refractivity contribution is -0.131. The number of rotatable bonds is 4. The Hall–Kier alpha value is -2.74. The Morgan fingerprint density at radius 1 is 1.17 bits per heavy atom. The Labute approximate surface area is 178 Å². The molecule has 3 atom stereocenters. The maximum absolute atomic E-state index is 13.5. The monoisotopic (exact) mass is 425 g/mol. The molecule has 7 nitrogen and oxygen atoms in total. The molecule has 1 fully saturated rings. The van der Waals surface area contributed by atoms with Gasteiger partial charge in [-0.05, 0) is 43.4 Å². The van der Waals surface area contributed by atoms with Crippen LogP contribution in [0.1, 0.15) is 55.6 Å². The van der Waals surface area contributed by atoms with E-state index in [0.29, 0.717) is 10.7 Å². The molecule has 2 aliphatic heterocycles.